The van der Waals surface area contributed by atoms with E-state index in [-0.39, 0.29) is 0 Å². The largest absolute Gasteiger partial charge is 0.342 e. The van der Waals surface area contributed by atoms with Crippen LogP contribution in [0.4, 0.5) is 0 Å². The quantitative estimate of drug-likeness (QED) is 0.307. The van der Waals surface area contributed by atoms with Crippen LogP contribution in [-0.4, -0.2) is 30.5 Å². The smallest absolute Gasteiger partial charge is 0.208 e. The third-order valence-corrected chi connectivity index (χ3v) is 2.78. The van der Waals surface area contributed by atoms with Crippen molar-refractivity contribution < 1.29 is 0 Å². The number of nitrogens with zero attached hydrogens (tertiary/aromatic N) is 2. The van der Waals surface area contributed by atoms with E-state index >= 15 is 0 Å². The van der Waals surface area contributed by atoms with Gasteiger partial charge in [0, 0.05) is 19.6 Å². The Hall–Kier alpha value is -0.770. The Balaban J connectivity index is 2.46. The van der Waals surface area contributed by atoms with Crippen molar-refractivity contribution in [2.24, 2.45) is 16.8 Å². The Morgan fingerprint density at radius 1 is 1.57 bits per heavy atom. The molecule has 1 atom stereocenters. The van der Waals surface area contributed by atoms with Gasteiger partial charge in [-0.3, -0.25) is 10.4 Å². The van der Waals surface area contributed by atoms with Gasteiger partial charge in [0.25, 0.3) is 0 Å². The highest BCUT2D eigenvalue weighted by atomic mass is 15.4. The van der Waals surface area contributed by atoms with Gasteiger partial charge in [0.1, 0.15) is 0 Å². The summed E-state index contributed by atoms with van der Waals surface area (Å²) in [5, 5.41) is 0. The number of aliphatic imine (C=N–C) groups is 1. The van der Waals surface area contributed by atoms with Gasteiger partial charge >= 0.3 is 0 Å². The van der Waals surface area contributed by atoms with Gasteiger partial charge in [0.2, 0.25) is 5.96 Å². The molecule has 0 saturated carbocycles. The van der Waals surface area contributed by atoms with Crippen molar-refractivity contribution in [2.75, 3.05) is 19.6 Å². The van der Waals surface area contributed by atoms with Crippen molar-refractivity contribution in [2.45, 2.75) is 33.1 Å². The molecule has 0 bridgehead atoms. The van der Waals surface area contributed by atoms with Gasteiger partial charge in [-0.15, -0.1) is 0 Å². The Bertz CT molecular complexity index is 191. The summed E-state index contributed by atoms with van der Waals surface area (Å²) >= 11 is 0. The number of likely N-dealkylation sites (tertiary alicyclic amines) is 1. The zero-order valence-electron chi connectivity index (χ0n) is 9.29. The molecule has 1 aliphatic heterocycles. The van der Waals surface area contributed by atoms with Gasteiger partial charge in [-0.05, 0) is 18.8 Å². The first-order valence-corrected chi connectivity index (χ1v) is 5.57. The molecule has 0 aromatic heterocycles. The third kappa shape index (κ3) is 2.87. The van der Waals surface area contributed by atoms with Gasteiger partial charge < -0.3 is 4.90 Å². The monoisotopic (exact) mass is 198 g/mol. The molecule has 0 amide bonds. The van der Waals surface area contributed by atoms with Crippen LogP contribution in [0.1, 0.15) is 33.1 Å². The molecule has 1 saturated heterocycles. The summed E-state index contributed by atoms with van der Waals surface area (Å²) in [7, 11) is 0. The molecule has 1 heterocycles. The topological polar surface area (TPSA) is 53.6 Å². The fourth-order valence-electron chi connectivity index (χ4n) is 1.81. The molecule has 0 aliphatic carbocycles. The highest BCUT2D eigenvalue weighted by Gasteiger charge is 2.22. The minimum atomic E-state index is 0.815. The molecule has 1 rings (SSSR count). The van der Waals surface area contributed by atoms with Crippen LogP contribution in [0.5, 0.6) is 0 Å². The van der Waals surface area contributed by atoms with E-state index in [1.54, 1.807) is 0 Å². The van der Waals surface area contributed by atoms with E-state index in [0.29, 0.717) is 0 Å². The summed E-state index contributed by atoms with van der Waals surface area (Å²) < 4.78 is 0. The van der Waals surface area contributed by atoms with E-state index in [9.17, 15) is 0 Å². The lowest BCUT2D eigenvalue weighted by molar-refractivity contribution is 0.455. The normalized spacial score (nSPS) is 22.9. The van der Waals surface area contributed by atoms with E-state index in [1.165, 1.54) is 12.8 Å². The number of nitrogens with one attached hydrogen (secondary N) is 1. The van der Waals surface area contributed by atoms with Crippen LogP contribution >= 0.6 is 0 Å². The average molecular weight is 198 g/mol. The molecule has 1 fully saturated rings. The molecule has 14 heavy (non-hydrogen) atoms. The first-order valence-electron chi connectivity index (χ1n) is 5.57. The first kappa shape index (κ1) is 11.3. The lowest BCUT2D eigenvalue weighted by atomic mass is 10.1. The lowest BCUT2D eigenvalue weighted by Gasteiger charge is -2.19. The van der Waals surface area contributed by atoms with E-state index in [1.807, 2.05) is 0 Å². The van der Waals surface area contributed by atoms with E-state index < -0.39 is 0 Å². The van der Waals surface area contributed by atoms with Gasteiger partial charge in [-0.1, -0.05) is 20.3 Å². The summed E-state index contributed by atoms with van der Waals surface area (Å²) in [4.78, 5) is 6.67. The van der Waals surface area contributed by atoms with Crippen LogP contribution in [0, 0.1) is 5.92 Å². The van der Waals surface area contributed by atoms with Gasteiger partial charge in [-0.2, -0.15) is 0 Å². The Morgan fingerprint density at radius 2 is 2.36 bits per heavy atom. The van der Waals surface area contributed by atoms with Gasteiger partial charge in [-0.25, -0.2) is 5.84 Å². The van der Waals surface area contributed by atoms with E-state index in [2.05, 4.69) is 29.2 Å². The number of rotatable bonds is 3. The fourth-order valence-corrected chi connectivity index (χ4v) is 1.81. The van der Waals surface area contributed by atoms with Crippen LogP contribution in [0.3, 0.4) is 0 Å². The predicted molar refractivity (Wildman–Crippen MR) is 59.9 cm³/mol. The minimum Gasteiger partial charge on any atom is -0.342 e. The van der Waals surface area contributed by atoms with Crippen LogP contribution in [0.25, 0.3) is 0 Å². The Labute approximate surface area is 86.5 Å². The number of nitrogens with two attached hydrogens (primary N) is 1. The maximum Gasteiger partial charge on any atom is 0.208 e. The van der Waals surface area contributed by atoms with Crippen molar-refractivity contribution in [3.8, 4) is 0 Å². The summed E-state index contributed by atoms with van der Waals surface area (Å²) in [6.45, 7) is 7.41. The summed E-state index contributed by atoms with van der Waals surface area (Å²) in [5.41, 5.74) is 2.70. The number of hydrazine groups is 1. The molecule has 0 aromatic carbocycles. The Morgan fingerprint density at radius 3 is 2.86 bits per heavy atom. The molecular weight excluding hydrogens is 176 g/mol. The highest BCUT2D eigenvalue weighted by molar-refractivity contribution is 5.79. The average Bonchev–Trinajstić information content (AvgIpc) is 2.68. The maximum atomic E-state index is 5.46. The van der Waals surface area contributed by atoms with Crippen LogP contribution in [0.15, 0.2) is 4.99 Å². The minimum absolute atomic E-state index is 0.815. The van der Waals surface area contributed by atoms with Crippen molar-refractivity contribution in [1.29, 1.82) is 0 Å². The third-order valence-electron chi connectivity index (χ3n) is 2.78. The zero-order chi connectivity index (χ0) is 10.4. The van der Waals surface area contributed by atoms with Crippen molar-refractivity contribution in [1.82, 2.24) is 10.3 Å². The standard InChI is InChI=1S/C10H22N4/c1-3-6-12-10(13-11)14-7-5-9(4-2)8-14/h9H,3-8,11H2,1-2H3,(H,12,13). The van der Waals surface area contributed by atoms with Crippen molar-refractivity contribution >= 4 is 5.96 Å². The molecule has 1 aliphatic rings. The van der Waals surface area contributed by atoms with Gasteiger partial charge in [0.15, 0.2) is 0 Å². The molecule has 4 nitrogen and oxygen atoms in total. The summed E-state index contributed by atoms with van der Waals surface area (Å²) in [6.07, 6.45) is 3.59. The summed E-state index contributed by atoms with van der Waals surface area (Å²) in [5.74, 6) is 7.14. The van der Waals surface area contributed by atoms with Crippen LogP contribution in [-0.2, 0) is 0 Å². The molecule has 3 N–H and O–H groups in total. The second-order valence-corrected chi connectivity index (χ2v) is 3.86. The lowest BCUT2D eigenvalue weighted by Crippen LogP contribution is -2.43. The zero-order valence-corrected chi connectivity index (χ0v) is 9.29. The van der Waals surface area contributed by atoms with Gasteiger partial charge in [0.05, 0.1) is 0 Å². The molecule has 0 radical (unpaired) electrons. The number of hydrogen-bond acceptors (Lipinski definition) is 2. The van der Waals surface area contributed by atoms with E-state index in [0.717, 1.165) is 37.9 Å². The van der Waals surface area contributed by atoms with Crippen LogP contribution in [0.2, 0.25) is 0 Å². The Kier molecular flexibility index (Phi) is 4.73. The maximum absolute atomic E-state index is 5.46. The molecule has 0 aromatic rings. The number of hydrogen-bond donors (Lipinski definition) is 2. The van der Waals surface area contributed by atoms with E-state index in [4.69, 9.17) is 5.84 Å². The molecule has 1 unspecified atom stereocenters. The predicted octanol–water partition coefficient (Wildman–Crippen LogP) is 0.948. The van der Waals surface area contributed by atoms with Crippen LogP contribution < -0.4 is 11.3 Å². The molecular formula is C10H22N4. The van der Waals surface area contributed by atoms with Crippen molar-refractivity contribution in [3.05, 3.63) is 0 Å². The molecule has 4 heteroatoms. The van der Waals surface area contributed by atoms with Crippen molar-refractivity contribution in [3.63, 3.8) is 0 Å². The fraction of sp³-hybridized carbons (Fsp3) is 0.900. The summed E-state index contributed by atoms with van der Waals surface area (Å²) in [6, 6.07) is 0. The molecule has 82 valence electrons. The first-order chi connectivity index (χ1) is 6.81. The second kappa shape index (κ2) is 5.86. The highest BCUT2D eigenvalue weighted by Crippen LogP contribution is 2.18. The molecule has 0 spiro atoms. The SMILES string of the molecule is CCCN=C(NN)N1CCC(CC)C1. The second-order valence-electron chi connectivity index (χ2n) is 3.86. The number of guanidine groups is 1.